The smallest absolute Gasteiger partial charge is 0.328 e. The molecule has 0 saturated heterocycles. The van der Waals surface area contributed by atoms with E-state index in [1.54, 1.807) is 27.3 Å². The zero-order valence-corrected chi connectivity index (χ0v) is 15.5. The summed E-state index contributed by atoms with van der Waals surface area (Å²) < 4.78 is 35.4. The van der Waals surface area contributed by atoms with E-state index in [0.717, 1.165) is 11.3 Å². The molecule has 0 fully saturated rings. The second kappa shape index (κ2) is 6.58. The van der Waals surface area contributed by atoms with Crippen LogP contribution in [-0.2, 0) is 35.3 Å². The van der Waals surface area contributed by atoms with Crippen molar-refractivity contribution in [3.63, 3.8) is 0 Å². The summed E-state index contributed by atoms with van der Waals surface area (Å²) in [7, 11) is 0.988. The third kappa shape index (κ3) is 3.30. The predicted molar refractivity (Wildman–Crippen MR) is 94.5 cm³/mol. The maximum absolute atomic E-state index is 12.6. The number of imidazole rings is 1. The first-order chi connectivity index (χ1) is 11.8. The van der Waals surface area contributed by atoms with Crippen LogP contribution in [0.2, 0.25) is 0 Å². The second-order valence-electron chi connectivity index (χ2n) is 5.40. The van der Waals surface area contributed by atoms with Gasteiger partial charge in [-0.2, -0.15) is 0 Å². The summed E-state index contributed by atoms with van der Waals surface area (Å²) in [5, 5.41) is 8.63. The molecule has 0 spiro atoms. The lowest BCUT2D eigenvalue weighted by molar-refractivity contribution is 0.202. The van der Waals surface area contributed by atoms with Gasteiger partial charge in [0, 0.05) is 27.6 Å². The van der Waals surface area contributed by atoms with Gasteiger partial charge in [-0.3, -0.25) is 13.9 Å². The van der Waals surface area contributed by atoms with Crippen molar-refractivity contribution in [3.8, 4) is 0 Å². The van der Waals surface area contributed by atoms with Gasteiger partial charge < -0.3 is 4.74 Å². The Kier molecular flexibility index (Phi) is 4.62. The molecular weight excluding hydrogens is 366 g/mol. The number of nitrogens with zero attached hydrogens (tertiary/aromatic N) is 4. The van der Waals surface area contributed by atoms with Gasteiger partial charge in [0.1, 0.15) is 5.01 Å². The van der Waals surface area contributed by atoms with Crippen LogP contribution in [-0.4, -0.2) is 41.5 Å². The summed E-state index contributed by atoms with van der Waals surface area (Å²) in [6, 6.07) is 4.53. The van der Waals surface area contributed by atoms with E-state index >= 15 is 0 Å². The molecule has 0 atom stereocenters. The predicted octanol–water partition coefficient (Wildman–Crippen LogP) is 0.718. The third-order valence-electron chi connectivity index (χ3n) is 3.76. The number of aromatic nitrogens is 4. The van der Waals surface area contributed by atoms with E-state index in [1.807, 2.05) is 0 Å². The van der Waals surface area contributed by atoms with Crippen molar-refractivity contribution in [1.29, 1.82) is 0 Å². The Labute approximate surface area is 147 Å². The first kappa shape index (κ1) is 17.6. The standard InChI is InChI=1S/C14H17N5O4S2/c1-18-10-5-4-9(8-11(10)19(2)14(18)20)25(21,22)17-13-16-15-12(24-13)6-7-23-3/h4-5,8H,6-7H2,1-3H3,(H,16,17). The van der Waals surface area contributed by atoms with Crippen molar-refractivity contribution < 1.29 is 13.2 Å². The number of hydrogen-bond acceptors (Lipinski definition) is 7. The minimum atomic E-state index is -3.83. The summed E-state index contributed by atoms with van der Waals surface area (Å²) in [6.07, 6.45) is 0.563. The summed E-state index contributed by atoms with van der Waals surface area (Å²) >= 11 is 1.16. The van der Waals surface area contributed by atoms with Crippen LogP contribution in [0.3, 0.4) is 0 Å². The molecule has 3 aromatic rings. The van der Waals surface area contributed by atoms with Crippen LogP contribution in [0.4, 0.5) is 5.13 Å². The first-order valence-electron chi connectivity index (χ1n) is 7.33. The lowest BCUT2D eigenvalue weighted by Gasteiger charge is -2.05. The summed E-state index contributed by atoms with van der Waals surface area (Å²) in [5.74, 6) is 0. The van der Waals surface area contributed by atoms with Crippen molar-refractivity contribution in [2.24, 2.45) is 14.1 Å². The fourth-order valence-corrected chi connectivity index (χ4v) is 4.38. The molecule has 0 unspecified atom stereocenters. The highest BCUT2D eigenvalue weighted by atomic mass is 32.2. The Balaban J connectivity index is 1.92. The molecule has 134 valence electrons. The minimum absolute atomic E-state index is 0.0508. The summed E-state index contributed by atoms with van der Waals surface area (Å²) in [4.78, 5) is 12.0. The quantitative estimate of drug-likeness (QED) is 0.672. The molecule has 9 nitrogen and oxygen atoms in total. The Bertz CT molecular complexity index is 1080. The SMILES string of the molecule is COCCc1nnc(NS(=O)(=O)c2ccc3c(c2)n(C)c(=O)n3C)s1. The minimum Gasteiger partial charge on any atom is -0.384 e. The molecule has 2 heterocycles. The average molecular weight is 383 g/mol. The number of sulfonamides is 1. The van der Waals surface area contributed by atoms with Crippen molar-refractivity contribution >= 4 is 37.5 Å². The monoisotopic (exact) mass is 383 g/mol. The van der Waals surface area contributed by atoms with E-state index < -0.39 is 10.0 Å². The van der Waals surface area contributed by atoms with Crippen molar-refractivity contribution in [2.45, 2.75) is 11.3 Å². The van der Waals surface area contributed by atoms with Gasteiger partial charge in [0.15, 0.2) is 0 Å². The number of nitrogens with one attached hydrogen (secondary N) is 1. The van der Waals surface area contributed by atoms with E-state index in [0.29, 0.717) is 29.1 Å². The Morgan fingerprint density at radius 1 is 1.20 bits per heavy atom. The Morgan fingerprint density at radius 2 is 1.92 bits per heavy atom. The summed E-state index contributed by atoms with van der Waals surface area (Å²) in [6.45, 7) is 0.486. The van der Waals surface area contributed by atoms with Gasteiger partial charge in [0.2, 0.25) is 5.13 Å². The van der Waals surface area contributed by atoms with Crippen LogP contribution in [0, 0.1) is 0 Å². The topological polar surface area (TPSA) is 108 Å². The van der Waals surface area contributed by atoms with Gasteiger partial charge >= 0.3 is 5.69 Å². The molecule has 0 radical (unpaired) electrons. The van der Waals surface area contributed by atoms with Gasteiger partial charge in [-0.15, -0.1) is 10.2 Å². The number of aryl methyl sites for hydroxylation is 2. The number of methoxy groups -OCH3 is 1. The fraction of sp³-hybridized carbons (Fsp3) is 0.357. The van der Waals surface area contributed by atoms with Crippen LogP contribution in [0.15, 0.2) is 27.9 Å². The number of anilines is 1. The largest absolute Gasteiger partial charge is 0.384 e. The van der Waals surface area contributed by atoms with Gasteiger partial charge in [0.05, 0.1) is 22.5 Å². The zero-order chi connectivity index (χ0) is 18.2. The highest BCUT2D eigenvalue weighted by Gasteiger charge is 2.19. The second-order valence-corrected chi connectivity index (χ2v) is 8.14. The fourth-order valence-electron chi connectivity index (χ4n) is 2.41. The van der Waals surface area contributed by atoms with Crippen LogP contribution >= 0.6 is 11.3 Å². The van der Waals surface area contributed by atoms with Gasteiger partial charge in [-0.25, -0.2) is 13.2 Å². The Hall–Kier alpha value is -2.24. The lowest BCUT2D eigenvalue weighted by Crippen LogP contribution is -2.19. The molecule has 0 saturated carbocycles. The molecule has 0 aliphatic rings. The van der Waals surface area contributed by atoms with E-state index in [1.165, 1.54) is 21.3 Å². The molecule has 25 heavy (non-hydrogen) atoms. The van der Waals surface area contributed by atoms with E-state index in [-0.39, 0.29) is 15.7 Å². The number of benzene rings is 1. The highest BCUT2D eigenvalue weighted by molar-refractivity contribution is 7.93. The van der Waals surface area contributed by atoms with E-state index in [9.17, 15) is 13.2 Å². The molecule has 0 aliphatic heterocycles. The van der Waals surface area contributed by atoms with Gasteiger partial charge in [-0.1, -0.05) is 11.3 Å². The summed E-state index contributed by atoms with van der Waals surface area (Å²) in [5.41, 5.74) is 0.974. The number of hydrogen-bond donors (Lipinski definition) is 1. The molecule has 1 aromatic carbocycles. The zero-order valence-electron chi connectivity index (χ0n) is 13.9. The normalized spacial score (nSPS) is 12.0. The molecular formula is C14H17N5O4S2. The molecule has 1 N–H and O–H groups in total. The van der Waals surface area contributed by atoms with Crippen LogP contribution in [0.5, 0.6) is 0 Å². The van der Waals surface area contributed by atoms with E-state index in [4.69, 9.17) is 4.74 Å². The molecule has 2 aromatic heterocycles. The number of rotatable bonds is 6. The third-order valence-corrected chi connectivity index (χ3v) is 6.13. The number of fused-ring (bicyclic) bond motifs is 1. The molecule has 0 bridgehead atoms. The molecule has 3 rings (SSSR count). The van der Waals surface area contributed by atoms with Crippen molar-refractivity contribution in [2.75, 3.05) is 18.4 Å². The highest BCUT2D eigenvalue weighted by Crippen LogP contribution is 2.22. The molecule has 0 amide bonds. The van der Waals surface area contributed by atoms with Crippen LogP contribution in [0.1, 0.15) is 5.01 Å². The van der Waals surface area contributed by atoms with Crippen LogP contribution < -0.4 is 10.4 Å². The van der Waals surface area contributed by atoms with E-state index in [2.05, 4.69) is 14.9 Å². The molecule has 11 heteroatoms. The van der Waals surface area contributed by atoms with Gasteiger partial charge in [0.25, 0.3) is 10.0 Å². The van der Waals surface area contributed by atoms with Crippen molar-refractivity contribution in [1.82, 2.24) is 19.3 Å². The number of ether oxygens (including phenoxy) is 1. The van der Waals surface area contributed by atoms with Crippen molar-refractivity contribution in [3.05, 3.63) is 33.7 Å². The molecule has 0 aliphatic carbocycles. The van der Waals surface area contributed by atoms with Crippen LogP contribution in [0.25, 0.3) is 11.0 Å². The van der Waals surface area contributed by atoms with Gasteiger partial charge in [-0.05, 0) is 18.2 Å². The first-order valence-corrected chi connectivity index (χ1v) is 9.63. The average Bonchev–Trinajstić information content (AvgIpc) is 3.11. The lowest BCUT2D eigenvalue weighted by atomic mass is 10.3. The maximum atomic E-state index is 12.6. The maximum Gasteiger partial charge on any atom is 0.328 e. The Morgan fingerprint density at radius 3 is 2.64 bits per heavy atom.